The fourth-order valence-electron chi connectivity index (χ4n) is 4.11. The van der Waals surface area contributed by atoms with Crippen molar-refractivity contribution < 1.29 is 13.2 Å². The number of sulfonamides is 1. The zero-order valence-corrected chi connectivity index (χ0v) is 22.1. The maximum Gasteiger partial charge on any atom is 0.252 e. The summed E-state index contributed by atoms with van der Waals surface area (Å²) in [4.78, 5) is 14.8. The molecule has 2 aromatic carbocycles. The maximum absolute atomic E-state index is 13.4. The van der Waals surface area contributed by atoms with E-state index in [1.807, 2.05) is 18.2 Å². The third kappa shape index (κ3) is 6.98. The van der Waals surface area contributed by atoms with Crippen molar-refractivity contribution >= 4 is 39.3 Å². The Hall–Kier alpha value is -1.54. The Labute approximate surface area is 207 Å². The van der Waals surface area contributed by atoms with Crippen molar-refractivity contribution in [2.24, 2.45) is 17.8 Å². The Morgan fingerprint density at radius 1 is 1.15 bits per heavy atom. The summed E-state index contributed by atoms with van der Waals surface area (Å²) in [6.45, 7) is 9.90. The second-order valence-corrected chi connectivity index (χ2v) is 12.9. The van der Waals surface area contributed by atoms with Crippen molar-refractivity contribution in [3.8, 4) is 0 Å². The van der Waals surface area contributed by atoms with Gasteiger partial charge in [-0.25, -0.2) is 8.42 Å². The molecule has 8 heteroatoms. The number of carbonyl (C=O) groups is 1. The molecule has 0 bridgehead atoms. The van der Waals surface area contributed by atoms with Crippen LogP contribution in [0.4, 0.5) is 0 Å². The van der Waals surface area contributed by atoms with Gasteiger partial charge in [0.25, 0.3) is 5.91 Å². The van der Waals surface area contributed by atoms with Crippen molar-refractivity contribution in [2.75, 3.05) is 19.6 Å². The molecule has 1 aliphatic heterocycles. The van der Waals surface area contributed by atoms with Gasteiger partial charge in [-0.1, -0.05) is 57.1 Å². The van der Waals surface area contributed by atoms with Crippen LogP contribution in [-0.2, 0) is 10.0 Å². The summed E-state index contributed by atoms with van der Waals surface area (Å²) in [6, 6.07) is 12.2. The summed E-state index contributed by atoms with van der Waals surface area (Å²) >= 11 is 7.53. The summed E-state index contributed by atoms with van der Waals surface area (Å²) in [7, 11) is -3.69. The van der Waals surface area contributed by atoms with E-state index in [2.05, 4.69) is 33.0 Å². The number of nitrogens with one attached hydrogen (secondary N) is 1. The van der Waals surface area contributed by atoms with Crippen LogP contribution in [0.5, 0.6) is 0 Å². The number of hydrogen-bond acceptors (Lipinski definition) is 4. The molecule has 5 nitrogen and oxygen atoms in total. The van der Waals surface area contributed by atoms with Crippen LogP contribution in [0.2, 0.25) is 5.02 Å². The van der Waals surface area contributed by atoms with Crippen LogP contribution in [0.1, 0.15) is 50.9 Å². The molecule has 1 saturated heterocycles. The van der Waals surface area contributed by atoms with Crippen LogP contribution in [0.3, 0.4) is 0 Å². The molecule has 1 amide bonds. The number of hydrogen-bond donors (Lipinski definition) is 1. The van der Waals surface area contributed by atoms with Crippen LogP contribution in [0.25, 0.3) is 0 Å². The van der Waals surface area contributed by atoms with E-state index < -0.39 is 10.0 Å². The first kappa shape index (κ1) is 26.1. The lowest BCUT2D eigenvalue weighted by molar-refractivity contribution is 0.0949. The molecule has 0 unspecified atom stereocenters. The minimum Gasteiger partial charge on any atom is -0.352 e. The lowest BCUT2D eigenvalue weighted by Crippen LogP contribution is -2.42. The van der Waals surface area contributed by atoms with E-state index in [9.17, 15) is 13.2 Å². The van der Waals surface area contributed by atoms with Gasteiger partial charge >= 0.3 is 0 Å². The molecule has 1 aliphatic rings. The molecule has 0 radical (unpaired) electrons. The lowest BCUT2D eigenvalue weighted by atomic mass is 9.94. The minimum atomic E-state index is -3.69. The van der Waals surface area contributed by atoms with E-state index in [0.29, 0.717) is 52.9 Å². The monoisotopic (exact) mass is 508 g/mol. The van der Waals surface area contributed by atoms with Gasteiger partial charge in [0.1, 0.15) is 0 Å². The molecule has 0 saturated carbocycles. The van der Waals surface area contributed by atoms with Gasteiger partial charge in [-0.15, -0.1) is 0 Å². The third-order valence-electron chi connectivity index (χ3n) is 5.70. The minimum absolute atomic E-state index is 0.160. The average molecular weight is 509 g/mol. The summed E-state index contributed by atoms with van der Waals surface area (Å²) in [6.07, 6.45) is 1.87. The smallest absolute Gasteiger partial charge is 0.252 e. The zero-order valence-electron chi connectivity index (χ0n) is 19.7. The van der Waals surface area contributed by atoms with Gasteiger partial charge in [0, 0.05) is 34.4 Å². The first-order chi connectivity index (χ1) is 15.6. The first-order valence-electron chi connectivity index (χ1n) is 11.4. The Morgan fingerprint density at radius 2 is 1.85 bits per heavy atom. The van der Waals surface area contributed by atoms with Gasteiger partial charge in [0.15, 0.2) is 0 Å². The quantitative estimate of drug-likeness (QED) is 0.479. The van der Waals surface area contributed by atoms with Crippen molar-refractivity contribution in [1.82, 2.24) is 9.62 Å². The van der Waals surface area contributed by atoms with E-state index >= 15 is 0 Å². The van der Waals surface area contributed by atoms with Crippen molar-refractivity contribution in [1.29, 1.82) is 0 Å². The van der Waals surface area contributed by atoms with Crippen LogP contribution in [0, 0.1) is 17.8 Å². The van der Waals surface area contributed by atoms with Crippen LogP contribution >= 0.6 is 23.4 Å². The van der Waals surface area contributed by atoms with Gasteiger partial charge in [0.2, 0.25) is 10.0 Å². The largest absolute Gasteiger partial charge is 0.352 e. The number of halogens is 1. The molecule has 3 rings (SSSR count). The molecule has 1 fully saturated rings. The van der Waals surface area contributed by atoms with E-state index in [0.717, 1.165) is 17.7 Å². The van der Waals surface area contributed by atoms with Crippen LogP contribution in [0.15, 0.2) is 57.2 Å². The lowest BCUT2D eigenvalue weighted by Gasteiger charge is -2.34. The van der Waals surface area contributed by atoms with Gasteiger partial charge in [-0.05, 0) is 67.0 Å². The highest BCUT2D eigenvalue weighted by atomic mass is 35.5. The Balaban J connectivity index is 1.95. The summed E-state index contributed by atoms with van der Waals surface area (Å²) in [5, 5.41) is 3.56. The second kappa shape index (κ2) is 11.3. The standard InChI is InChI=1S/C25H33ClN2O3S2/c1-17(2)10-11-27-25(29)23-14-22(33(30,31)28-15-18(3)12-19(4)16-28)8-9-24(23)32-21-7-5-6-20(26)13-21/h5-9,13-14,17-19H,10-12,15-16H2,1-4H3,(H,27,29)/t18-,19-/m0/s1. The fourth-order valence-corrected chi connectivity index (χ4v) is 7.06. The topological polar surface area (TPSA) is 66.5 Å². The molecule has 0 aliphatic carbocycles. The maximum atomic E-state index is 13.4. The molecule has 2 aromatic rings. The van der Waals surface area contributed by atoms with E-state index in [4.69, 9.17) is 11.6 Å². The Kier molecular flexibility index (Phi) is 8.89. The third-order valence-corrected chi connectivity index (χ3v) is 8.83. The number of piperidine rings is 1. The van der Waals surface area contributed by atoms with E-state index in [1.54, 1.807) is 22.5 Å². The number of benzene rings is 2. The molecule has 180 valence electrons. The molecule has 1 heterocycles. The van der Waals surface area contributed by atoms with Crippen molar-refractivity contribution in [2.45, 2.75) is 55.2 Å². The van der Waals surface area contributed by atoms with Gasteiger partial charge in [0.05, 0.1) is 10.5 Å². The van der Waals surface area contributed by atoms with Crippen LogP contribution in [-0.4, -0.2) is 38.3 Å². The SMILES string of the molecule is CC(C)CCNC(=O)c1cc(S(=O)(=O)N2C[C@@H](C)C[C@H](C)C2)ccc1Sc1cccc(Cl)c1. The van der Waals surface area contributed by atoms with Crippen molar-refractivity contribution in [3.05, 3.63) is 53.1 Å². The average Bonchev–Trinajstić information content (AvgIpc) is 2.73. The van der Waals surface area contributed by atoms with Gasteiger partial charge < -0.3 is 5.32 Å². The van der Waals surface area contributed by atoms with Gasteiger partial charge in [-0.2, -0.15) is 4.31 Å². The highest BCUT2D eigenvalue weighted by Gasteiger charge is 2.32. The number of carbonyl (C=O) groups excluding carboxylic acids is 1. The highest BCUT2D eigenvalue weighted by Crippen LogP contribution is 2.34. The predicted octanol–water partition coefficient (Wildman–Crippen LogP) is 5.93. The number of nitrogens with zero attached hydrogens (tertiary/aromatic N) is 1. The predicted molar refractivity (Wildman–Crippen MR) is 136 cm³/mol. The highest BCUT2D eigenvalue weighted by molar-refractivity contribution is 7.99. The molecule has 0 aromatic heterocycles. The van der Waals surface area contributed by atoms with E-state index in [1.165, 1.54) is 17.8 Å². The Bertz CT molecular complexity index is 1080. The molecule has 1 N–H and O–H groups in total. The summed E-state index contributed by atoms with van der Waals surface area (Å²) < 4.78 is 28.4. The van der Waals surface area contributed by atoms with Crippen LogP contribution < -0.4 is 5.32 Å². The second-order valence-electron chi connectivity index (χ2n) is 9.42. The normalized spacial score (nSPS) is 19.6. The molecular weight excluding hydrogens is 476 g/mol. The molecule has 33 heavy (non-hydrogen) atoms. The Morgan fingerprint density at radius 3 is 2.48 bits per heavy atom. The zero-order chi connectivity index (χ0) is 24.2. The molecular formula is C25H33ClN2O3S2. The molecule has 0 spiro atoms. The molecule has 2 atom stereocenters. The van der Waals surface area contributed by atoms with Gasteiger partial charge in [-0.3, -0.25) is 4.79 Å². The number of amides is 1. The summed E-state index contributed by atoms with van der Waals surface area (Å²) in [5.41, 5.74) is 0.364. The first-order valence-corrected chi connectivity index (χ1v) is 14.1. The van der Waals surface area contributed by atoms with Crippen molar-refractivity contribution in [3.63, 3.8) is 0 Å². The summed E-state index contributed by atoms with van der Waals surface area (Å²) in [5.74, 6) is 0.804. The fraction of sp³-hybridized carbons (Fsp3) is 0.480. The van der Waals surface area contributed by atoms with E-state index in [-0.39, 0.29) is 10.8 Å². The number of rotatable bonds is 8.